The number of fused-ring (bicyclic) bond motifs is 1. The minimum atomic E-state index is -1.82. The number of nitrogens with zero attached hydrogens (tertiary/aromatic N) is 1. The number of unbranched alkanes of at least 4 members (excludes halogenated alkanes) is 1. The maximum absolute atomic E-state index is 13.1. The molecule has 1 N–H and O–H groups in total. The summed E-state index contributed by atoms with van der Waals surface area (Å²) >= 11 is 0. The highest BCUT2D eigenvalue weighted by Crippen LogP contribution is 2.43. The van der Waals surface area contributed by atoms with Gasteiger partial charge in [0, 0.05) is 17.7 Å². The molecule has 3 aromatic carbocycles. The van der Waals surface area contributed by atoms with Crippen molar-refractivity contribution >= 4 is 17.4 Å². The van der Waals surface area contributed by atoms with Crippen molar-refractivity contribution in [2.45, 2.75) is 31.8 Å². The molecule has 1 atom stereocenters. The van der Waals surface area contributed by atoms with Crippen LogP contribution in [0.4, 0.5) is 5.69 Å². The van der Waals surface area contributed by atoms with Crippen LogP contribution in [0, 0.1) is 0 Å². The summed E-state index contributed by atoms with van der Waals surface area (Å²) in [6, 6.07) is 24.4. The molecular weight excluding hydrogens is 374 g/mol. The van der Waals surface area contributed by atoms with E-state index in [-0.39, 0.29) is 12.2 Å². The Morgan fingerprint density at radius 1 is 0.900 bits per heavy atom. The lowest BCUT2D eigenvalue weighted by atomic mass is 9.88. The lowest BCUT2D eigenvalue weighted by molar-refractivity contribution is -0.135. The SMILES string of the molecule is CCCCN1C(=O)C(O)(CC(=O)c2ccc(-c3ccccc3)cc2)c2ccccc21. The first-order valence-corrected chi connectivity index (χ1v) is 10.4. The van der Waals surface area contributed by atoms with Gasteiger partial charge in [-0.1, -0.05) is 86.1 Å². The zero-order valence-corrected chi connectivity index (χ0v) is 17.0. The smallest absolute Gasteiger partial charge is 0.264 e. The maximum Gasteiger partial charge on any atom is 0.264 e. The molecule has 4 rings (SSSR count). The normalized spacial score (nSPS) is 17.8. The number of ketones is 1. The molecule has 4 nitrogen and oxygen atoms in total. The van der Waals surface area contributed by atoms with E-state index in [4.69, 9.17) is 0 Å². The van der Waals surface area contributed by atoms with Crippen LogP contribution in [0.1, 0.15) is 42.1 Å². The zero-order chi connectivity index (χ0) is 21.1. The number of aliphatic hydroxyl groups is 1. The summed E-state index contributed by atoms with van der Waals surface area (Å²) in [5.74, 6) is -0.663. The molecule has 3 aromatic rings. The fourth-order valence-electron chi connectivity index (χ4n) is 4.03. The highest BCUT2D eigenvalue weighted by molar-refractivity contribution is 6.10. The first kappa shape index (κ1) is 20.0. The summed E-state index contributed by atoms with van der Waals surface area (Å²) in [7, 11) is 0. The van der Waals surface area contributed by atoms with Crippen LogP contribution in [0.2, 0.25) is 0 Å². The van der Waals surface area contributed by atoms with Crippen LogP contribution in [0.3, 0.4) is 0 Å². The summed E-state index contributed by atoms with van der Waals surface area (Å²) in [6.45, 7) is 2.59. The average Bonchev–Trinajstić information content (AvgIpc) is 3.00. The largest absolute Gasteiger partial charge is 0.375 e. The summed E-state index contributed by atoms with van der Waals surface area (Å²) in [5.41, 5.74) is 1.96. The Morgan fingerprint density at radius 3 is 2.23 bits per heavy atom. The van der Waals surface area contributed by atoms with Crippen molar-refractivity contribution in [1.82, 2.24) is 0 Å². The summed E-state index contributed by atoms with van der Waals surface area (Å²) in [4.78, 5) is 27.7. The molecule has 0 bridgehead atoms. The summed E-state index contributed by atoms with van der Waals surface area (Å²) in [5, 5.41) is 11.3. The number of Topliss-reactive ketones (excluding diaryl/α,β-unsaturated/α-hetero) is 1. The van der Waals surface area contributed by atoms with Gasteiger partial charge in [0.05, 0.1) is 12.1 Å². The topological polar surface area (TPSA) is 57.6 Å². The Morgan fingerprint density at radius 2 is 1.53 bits per heavy atom. The molecule has 1 unspecified atom stereocenters. The van der Waals surface area contributed by atoms with Gasteiger partial charge in [-0.2, -0.15) is 0 Å². The second kappa shape index (κ2) is 8.25. The van der Waals surface area contributed by atoms with Crippen molar-refractivity contribution in [2.75, 3.05) is 11.4 Å². The van der Waals surface area contributed by atoms with Crippen LogP contribution in [0.15, 0.2) is 78.9 Å². The standard InChI is InChI=1S/C26H25NO3/c1-2-3-17-27-23-12-8-7-11-22(23)26(30,25(27)29)18-24(28)21-15-13-20(14-16-21)19-9-5-4-6-10-19/h4-16,30H,2-3,17-18H2,1H3. The molecule has 0 saturated carbocycles. The van der Waals surface area contributed by atoms with E-state index in [0.29, 0.717) is 23.4 Å². The number of rotatable bonds is 7. The first-order chi connectivity index (χ1) is 14.5. The number of amides is 1. The Balaban J connectivity index is 1.58. The molecule has 4 heteroatoms. The Bertz CT molecular complexity index is 1060. The van der Waals surface area contributed by atoms with Gasteiger partial charge in [-0.25, -0.2) is 0 Å². The highest BCUT2D eigenvalue weighted by Gasteiger charge is 2.50. The van der Waals surface area contributed by atoms with Gasteiger partial charge in [0.25, 0.3) is 5.91 Å². The molecule has 30 heavy (non-hydrogen) atoms. The van der Waals surface area contributed by atoms with Gasteiger partial charge in [-0.3, -0.25) is 9.59 Å². The van der Waals surface area contributed by atoms with Gasteiger partial charge in [-0.15, -0.1) is 0 Å². The number of carbonyl (C=O) groups is 2. The third kappa shape index (κ3) is 3.55. The average molecular weight is 399 g/mol. The van der Waals surface area contributed by atoms with Gasteiger partial charge >= 0.3 is 0 Å². The van der Waals surface area contributed by atoms with E-state index in [1.165, 1.54) is 0 Å². The third-order valence-electron chi connectivity index (χ3n) is 5.71. The van der Waals surface area contributed by atoms with Crippen molar-refractivity contribution in [3.63, 3.8) is 0 Å². The van der Waals surface area contributed by atoms with E-state index in [9.17, 15) is 14.7 Å². The second-order valence-electron chi connectivity index (χ2n) is 7.73. The van der Waals surface area contributed by atoms with Crippen LogP contribution in [-0.2, 0) is 10.4 Å². The number of hydrogen-bond acceptors (Lipinski definition) is 3. The summed E-state index contributed by atoms with van der Waals surface area (Å²) in [6.07, 6.45) is 1.51. The van der Waals surface area contributed by atoms with Crippen molar-refractivity contribution in [1.29, 1.82) is 0 Å². The quantitative estimate of drug-likeness (QED) is 0.571. The fourth-order valence-corrected chi connectivity index (χ4v) is 4.03. The van der Waals surface area contributed by atoms with Crippen LogP contribution < -0.4 is 4.90 Å². The van der Waals surface area contributed by atoms with E-state index in [0.717, 1.165) is 24.0 Å². The molecular formula is C26H25NO3. The van der Waals surface area contributed by atoms with E-state index in [1.807, 2.05) is 54.6 Å². The van der Waals surface area contributed by atoms with Crippen LogP contribution >= 0.6 is 0 Å². The second-order valence-corrected chi connectivity index (χ2v) is 7.73. The minimum absolute atomic E-state index is 0.252. The monoisotopic (exact) mass is 399 g/mol. The molecule has 1 heterocycles. The number of anilines is 1. The molecule has 1 amide bonds. The van der Waals surface area contributed by atoms with E-state index in [1.54, 1.807) is 29.2 Å². The fraction of sp³-hybridized carbons (Fsp3) is 0.231. The molecule has 0 aliphatic carbocycles. The van der Waals surface area contributed by atoms with E-state index >= 15 is 0 Å². The van der Waals surface area contributed by atoms with Crippen LogP contribution in [0.5, 0.6) is 0 Å². The van der Waals surface area contributed by atoms with Gasteiger partial charge in [0.2, 0.25) is 0 Å². The van der Waals surface area contributed by atoms with Crippen molar-refractivity contribution < 1.29 is 14.7 Å². The predicted octanol–water partition coefficient (Wildman–Crippen LogP) is 4.96. The Kier molecular flexibility index (Phi) is 5.51. The molecule has 0 aromatic heterocycles. The lowest BCUT2D eigenvalue weighted by Crippen LogP contribution is -2.42. The van der Waals surface area contributed by atoms with E-state index in [2.05, 4.69) is 6.92 Å². The van der Waals surface area contributed by atoms with Crippen molar-refractivity contribution in [3.05, 3.63) is 90.0 Å². The molecule has 152 valence electrons. The third-order valence-corrected chi connectivity index (χ3v) is 5.71. The van der Waals surface area contributed by atoms with E-state index < -0.39 is 11.5 Å². The number of benzene rings is 3. The van der Waals surface area contributed by atoms with Gasteiger partial charge in [0.1, 0.15) is 0 Å². The summed E-state index contributed by atoms with van der Waals surface area (Å²) < 4.78 is 0. The number of carbonyl (C=O) groups excluding carboxylic acids is 2. The van der Waals surface area contributed by atoms with Gasteiger partial charge < -0.3 is 10.0 Å². The number of hydrogen-bond donors (Lipinski definition) is 1. The molecule has 0 saturated heterocycles. The zero-order valence-electron chi connectivity index (χ0n) is 17.0. The molecule has 1 aliphatic rings. The van der Waals surface area contributed by atoms with Crippen molar-refractivity contribution in [3.8, 4) is 11.1 Å². The van der Waals surface area contributed by atoms with Gasteiger partial charge in [-0.05, 0) is 23.6 Å². The molecule has 0 spiro atoms. The Labute approximate surface area is 176 Å². The minimum Gasteiger partial charge on any atom is -0.375 e. The predicted molar refractivity (Wildman–Crippen MR) is 118 cm³/mol. The van der Waals surface area contributed by atoms with Crippen molar-refractivity contribution in [2.24, 2.45) is 0 Å². The lowest BCUT2D eigenvalue weighted by Gasteiger charge is -2.22. The molecule has 0 fully saturated rings. The van der Waals surface area contributed by atoms with Gasteiger partial charge in [0.15, 0.2) is 11.4 Å². The maximum atomic E-state index is 13.1. The Hall–Kier alpha value is -3.24. The highest BCUT2D eigenvalue weighted by atomic mass is 16.3. The molecule has 1 aliphatic heterocycles. The first-order valence-electron chi connectivity index (χ1n) is 10.4. The number of para-hydroxylation sites is 1. The van der Waals surface area contributed by atoms with Crippen LogP contribution in [0.25, 0.3) is 11.1 Å². The molecule has 0 radical (unpaired) electrons. The van der Waals surface area contributed by atoms with Crippen LogP contribution in [-0.4, -0.2) is 23.3 Å².